The number of ether oxygens (including phenoxy) is 2. The number of aliphatic hydroxyl groups is 1. The van der Waals surface area contributed by atoms with Crippen LogP contribution in [0.15, 0.2) is 40.8 Å². The van der Waals surface area contributed by atoms with Crippen LogP contribution in [0.2, 0.25) is 0 Å². The Balaban J connectivity index is 1.60. The van der Waals surface area contributed by atoms with Crippen LogP contribution in [0.1, 0.15) is 23.5 Å². The number of methoxy groups -OCH3 is 2. The normalized spacial score (nSPS) is 18.7. The van der Waals surface area contributed by atoms with Crippen molar-refractivity contribution in [2.45, 2.75) is 32.2 Å². The van der Waals surface area contributed by atoms with Crippen LogP contribution in [0.25, 0.3) is 0 Å². The molecule has 0 unspecified atom stereocenters. The minimum Gasteiger partial charge on any atom is -0.497 e. The molecular formula is C21H30N2O4. The van der Waals surface area contributed by atoms with Crippen LogP contribution < -0.4 is 4.74 Å². The lowest BCUT2D eigenvalue weighted by Gasteiger charge is -2.41. The third kappa shape index (κ3) is 5.56. The molecule has 148 valence electrons. The summed E-state index contributed by atoms with van der Waals surface area (Å²) < 4.78 is 16.3. The van der Waals surface area contributed by atoms with Gasteiger partial charge in [-0.15, -0.1) is 0 Å². The SMILES string of the molecule is COCc1ccc(CN2CCN(Cc3cccc(OC)c3)[C@@H](CCO)C2)o1. The summed E-state index contributed by atoms with van der Waals surface area (Å²) >= 11 is 0. The lowest BCUT2D eigenvalue weighted by atomic mass is 10.1. The topological polar surface area (TPSA) is 58.3 Å². The second-order valence-corrected chi connectivity index (χ2v) is 7.02. The fraction of sp³-hybridized carbons (Fsp3) is 0.524. The largest absolute Gasteiger partial charge is 0.497 e. The molecule has 1 aromatic heterocycles. The van der Waals surface area contributed by atoms with E-state index in [1.807, 2.05) is 24.3 Å². The van der Waals surface area contributed by atoms with E-state index in [0.717, 1.165) is 56.4 Å². The van der Waals surface area contributed by atoms with E-state index in [9.17, 15) is 5.11 Å². The van der Waals surface area contributed by atoms with Gasteiger partial charge in [-0.1, -0.05) is 12.1 Å². The Hall–Kier alpha value is -1.86. The third-order valence-electron chi connectivity index (χ3n) is 5.05. The monoisotopic (exact) mass is 374 g/mol. The summed E-state index contributed by atoms with van der Waals surface area (Å²) in [4.78, 5) is 4.86. The molecule has 1 saturated heterocycles. The molecule has 27 heavy (non-hydrogen) atoms. The molecule has 1 aliphatic heterocycles. The number of hydrogen-bond acceptors (Lipinski definition) is 6. The van der Waals surface area contributed by atoms with E-state index in [2.05, 4.69) is 21.9 Å². The lowest BCUT2D eigenvalue weighted by molar-refractivity contribution is 0.0462. The van der Waals surface area contributed by atoms with Gasteiger partial charge in [-0.05, 0) is 36.2 Å². The predicted molar refractivity (Wildman–Crippen MR) is 104 cm³/mol. The first-order chi connectivity index (χ1) is 13.2. The highest BCUT2D eigenvalue weighted by Crippen LogP contribution is 2.21. The van der Waals surface area contributed by atoms with Crippen LogP contribution in [0.5, 0.6) is 5.75 Å². The fourth-order valence-electron chi connectivity index (χ4n) is 3.68. The maximum absolute atomic E-state index is 9.53. The molecule has 1 N–H and O–H groups in total. The van der Waals surface area contributed by atoms with Crippen molar-refractivity contribution in [2.75, 3.05) is 40.5 Å². The number of nitrogens with zero attached hydrogens (tertiary/aromatic N) is 2. The molecule has 6 nitrogen and oxygen atoms in total. The van der Waals surface area contributed by atoms with Crippen molar-refractivity contribution in [1.82, 2.24) is 9.80 Å². The average molecular weight is 374 g/mol. The smallest absolute Gasteiger partial charge is 0.129 e. The molecule has 0 saturated carbocycles. The standard InChI is InChI=1S/C21H30N2O4/c1-25-16-21-7-6-20(27-21)15-22-9-10-23(18(14-22)8-11-24)13-17-4-3-5-19(12-17)26-2/h3-7,12,18,24H,8-11,13-16H2,1-2H3/t18-/m0/s1. The van der Waals surface area contributed by atoms with Gasteiger partial charge in [0.2, 0.25) is 0 Å². The van der Waals surface area contributed by atoms with Crippen LogP contribution in [0, 0.1) is 0 Å². The van der Waals surface area contributed by atoms with Gasteiger partial charge in [0, 0.05) is 45.9 Å². The average Bonchev–Trinajstić information content (AvgIpc) is 3.11. The van der Waals surface area contributed by atoms with Gasteiger partial charge in [0.25, 0.3) is 0 Å². The quantitative estimate of drug-likeness (QED) is 0.728. The highest BCUT2D eigenvalue weighted by atomic mass is 16.5. The first kappa shape index (κ1) is 19.9. The molecule has 2 heterocycles. The first-order valence-electron chi connectivity index (χ1n) is 9.48. The van der Waals surface area contributed by atoms with E-state index in [4.69, 9.17) is 13.9 Å². The summed E-state index contributed by atoms with van der Waals surface area (Å²) in [6.45, 7) is 5.23. The molecule has 3 rings (SSSR count). The molecule has 0 spiro atoms. The second-order valence-electron chi connectivity index (χ2n) is 7.02. The Morgan fingerprint density at radius 3 is 2.74 bits per heavy atom. The van der Waals surface area contributed by atoms with E-state index in [1.165, 1.54) is 5.56 Å². The van der Waals surface area contributed by atoms with Gasteiger partial charge in [-0.2, -0.15) is 0 Å². The van der Waals surface area contributed by atoms with Crippen LogP contribution >= 0.6 is 0 Å². The summed E-state index contributed by atoms with van der Waals surface area (Å²) in [5.74, 6) is 2.71. The van der Waals surface area contributed by atoms with Crippen molar-refractivity contribution < 1.29 is 19.0 Å². The maximum Gasteiger partial charge on any atom is 0.129 e. The Bertz CT molecular complexity index is 703. The van der Waals surface area contributed by atoms with Crippen LogP contribution in [0.3, 0.4) is 0 Å². The van der Waals surface area contributed by atoms with Gasteiger partial charge >= 0.3 is 0 Å². The molecule has 0 bridgehead atoms. The summed E-state index contributed by atoms with van der Waals surface area (Å²) in [7, 11) is 3.36. The molecule has 1 aliphatic rings. The Labute approximate surface area is 161 Å². The van der Waals surface area contributed by atoms with Crippen LogP contribution in [-0.2, 0) is 24.4 Å². The minimum atomic E-state index is 0.200. The Morgan fingerprint density at radius 2 is 1.96 bits per heavy atom. The van der Waals surface area contributed by atoms with Gasteiger partial charge < -0.3 is 19.0 Å². The van der Waals surface area contributed by atoms with E-state index >= 15 is 0 Å². The van der Waals surface area contributed by atoms with Crippen LogP contribution in [0.4, 0.5) is 0 Å². The number of rotatable bonds is 9. The molecule has 6 heteroatoms. The summed E-state index contributed by atoms with van der Waals surface area (Å²) in [5, 5.41) is 9.53. The third-order valence-corrected chi connectivity index (χ3v) is 5.05. The maximum atomic E-state index is 9.53. The van der Waals surface area contributed by atoms with Gasteiger partial charge in [0.15, 0.2) is 0 Å². The van der Waals surface area contributed by atoms with Crippen molar-refractivity contribution in [3.05, 3.63) is 53.5 Å². The molecule has 0 radical (unpaired) electrons. The van der Waals surface area contributed by atoms with Crippen molar-refractivity contribution in [1.29, 1.82) is 0 Å². The van der Waals surface area contributed by atoms with Crippen molar-refractivity contribution in [3.8, 4) is 5.75 Å². The van der Waals surface area contributed by atoms with E-state index in [-0.39, 0.29) is 6.61 Å². The number of hydrogen-bond donors (Lipinski definition) is 1. The summed E-state index contributed by atoms with van der Waals surface area (Å²) in [6, 6.07) is 12.5. The number of aliphatic hydroxyl groups excluding tert-OH is 1. The summed E-state index contributed by atoms with van der Waals surface area (Å²) in [5.41, 5.74) is 1.24. The zero-order valence-electron chi connectivity index (χ0n) is 16.3. The number of benzene rings is 1. The molecule has 1 fully saturated rings. The van der Waals surface area contributed by atoms with Crippen LogP contribution in [-0.4, -0.2) is 61.4 Å². The van der Waals surface area contributed by atoms with E-state index in [0.29, 0.717) is 12.6 Å². The van der Waals surface area contributed by atoms with Crippen molar-refractivity contribution in [2.24, 2.45) is 0 Å². The number of furan rings is 1. The Kier molecular flexibility index (Phi) is 7.29. The summed E-state index contributed by atoms with van der Waals surface area (Å²) in [6.07, 6.45) is 0.771. The minimum absolute atomic E-state index is 0.200. The fourth-order valence-corrected chi connectivity index (χ4v) is 3.68. The molecule has 1 aromatic carbocycles. The van der Waals surface area contributed by atoms with E-state index < -0.39 is 0 Å². The van der Waals surface area contributed by atoms with Gasteiger partial charge in [-0.3, -0.25) is 9.80 Å². The van der Waals surface area contributed by atoms with E-state index in [1.54, 1.807) is 14.2 Å². The predicted octanol–water partition coefficient (Wildman–Crippen LogP) is 2.50. The zero-order valence-corrected chi connectivity index (χ0v) is 16.3. The first-order valence-corrected chi connectivity index (χ1v) is 9.48. The second kappa shape index (κ2) is 9.90. The molecule has 2 aromatic rings. The molecular weight excluding hydrogens is 344 g/mol. The Morgan fingerprint density at radius 1 is 1.11 bits per heavy atom. The molecule has 0 aliphatic carbocycles. The highest BCUT2D eigenvalue weighted by Gasteiger charge is 2.27. The lowest BCUT2D eigenvalue weighted by Crippen LogP contribution is -2.52. The highest BCUT2D eigenvalue weighted by molar-refractivity contribution is 5.28. The van der Waals surface area contributed by atoms with Crippen molar-refractivity contribution in [3.63, 3.8) is 0 Å². The number of piperazine rings is 1. The molecule has 1 atom stereocenters. The zero-order chi connectivity index (χ0) is 19.1. The van der Waals surface area contributed by atoms with Gasteiger partial charge in [0.1, 0.15) is 23.9 Å². The van der Waals surface area contributed by atoms with Gasteiger partial charge in [-0.25, -0.2) is 0 Å². The van der Waals surface area contributed by atoms with Gasteiger partial charge in [0.05, 0.1) is 13.7 Å². The van der Waals surface area contributed by atoms with Crippen molar-refractivity contribution >= 4 is 0 Å². The molecule has 0 amide bonds.